The molecule has 1 atom stereocenters. The summed E-state index contributed by atoms with van der Waals surface area (Å²) < 4.78 is 38.4. The average molecular weight is 435 g/mol. The number of carbonyl (C=O) groups excluding carboxylic acids is 1. The molecule has 0 bridgehead atoms. The van der Waals surface area contributed by atoms with E-state index in [1.165, 1.54) is 0 Å². The molecule has 1 unspecified atom stereocenters. The summed E-state index contributed by atoms with van der Waals surface area (Å²) >= 11 is 0. The van der Waals surface area contributed by atoms with Crippen LogP contribution in [-0.2, 0) is 21.4 Å². The van der Waals surface area contributed by atoms with Gasteiger partial charge in [-0.05, 0) is 42.7 Å². The van der Waals surface area contributed by atoms with E-state index >= 15 is 0 Å². The number of para-hydroxylation sites is 2. The second-order valence-corrected chi connectivity index (χ2v) is 8.65. The van der Waals surface area contributed by atoms with Crippen LogP contribution in [0.1, 0.15) is 18.4 Å². The van der Waals surface area contributed by atoms with Gasteiger partial charge in [0.05, 0.1) is 25.2 Å². The van der Waals surface area contributed by atoms with Crippen molar-refractivity contribution in [3.8, 4) is 11.5 Å². The minimum atomic E-state index is -3.59. The fourth-order valence-corrected chi connectivity index (χ4v) is 3.70. The van der Waals surface area contributed by atoms with E-state index in [4.69, 9.17) is 13.7 Å². The molecule has 1 aliphatic heterocycles. The fourth-order valence-electron chi connectivity index (χ4n) is 3.24. The van der Waals surface area contributed by atoms with Crippen LogP contribution in [0, 0.1) is 0 Å². The molecule has 1 N–H and O–H groups in total. The minimum Gasteiger partial charge on any atom is -0.495 e. The van der Waals surface area contributed by atoms with Crippen molar-refractivity contribution in [2.75, 3.05) is 31.8 Å². The summed E-state index contributed by atoms with van der Waals surface area (Å²) in [5.74, 6) is 0.801. The summed E-state index contributed by atoms with van der Waals surface area (Å²) in [7, 11) is -2.04. The van der Waals surface area contributed by atoms with Crippen LogP contribution in [0.2, 0.25) is 0 Å². The highest BCUT2D eigenvalue weighted by molar-refractivity contribution is 7.86. The predicted molar refractivity (Wildman–Crippen MR) is 113 cm³/mol. The lowest BCUT2D eigenvalue weighted by Crippen LogP contribution is -2.39. The maximum Gasteiger partial charge on any atom is 0.322 e. The Balaban J connectivity index is 1.73. The van der Waals surface area contributed by atoms with Crippen molar-refractivity contribution < 1.29 is 26.9 Å². The average Bonchev–Trinajstić information content (AvgIpc) is 3.21. The van der Waals surface area contributed by atoms with Crippen LogP contribution in [0.4, 0.5) is 10.5 Å². The Labute approximate surface area is 176 Å². The van der Waals surface area contributed by atoms with Gasteiger partial charge in [-0.1, -0.05) is 24.3 Å². The van der Waals surface area contributed by atoms with E-state index in [1.54, 1.807) is 48.4 Å². The van der Waals surface area contributed by atoms with Crippen molar-refractivity contribution >= 4 is 21.8 Å². The summed E-state index contributed by atoms with van der Waals surface area (Å²) in [5.41, 5.74) is 1.42. The van der Waals surface area contributed by atoms with Gasteiger partial charge in [-0.25, -0.2) is 4.79 Å². The first kappa shape index (κ1) is 21.9. The van der Waals surface area contributed by atoms with Crippen molar-refractivity contribution in [2.24, 2.45) is 0 Å². The number of nitrogens with one attached hydrogen (secondary N) is 1. The zero-order valence-electron chi connectivity index (χ0n) is 17.0. The van der Waals surface area contributed by atoms with Gasteiger partial charge in [0.1, 0.15) is 11.5 Å². The zero-order chi connectivity index (χ0) is 21.6. The van der Waals surface area contributed by atoms with Gasteiger partial charge in [0, 0.05) is 19.7 Å². The van der Waals surface area contributed by atoms with Crippen LogP contribution in [-0.4, -0.2) is 52.0 Å². The summed E-state index contributed by atoms with van der Waals surface area (Å²) in [6, 6.07) is 13.5. The molecule has 0 aliphatic carbocycles. The SMILES string of the molecule is COc1ccccc1NC(=O)N(Cc1ccc(OS(C)(=O)=O)cc1)CC1CCCO1. The molecule has 1 fully saturated rings. The third-order valence-electron chi connectivity index (χ3n) is 4.63. The Kier molecular flexibility index (Phi) is 7.17. The summed E-state index contributed by atoms with van der Waals surface area (Å²) in [5, 5.41) is 2.90. The molecule has 0 saturated carbocycles. The number of anilines is 1. The summed E-state index contributed by atoms with van der Waals surface area (Å²) in [6.45, 7) is 1.48. The predicted octanol–water partition coefficient (Wildman–Crippen LogP) is 3.25. The lowest BCUT2D eigenvalue weighted by Gasteiger charge is -2.26. The molecule has 162 valence electrons. The first-order valence-corrected chi connectivity index (χ1v) is 11.4. The molecule has 0 spiro atoms. The third kappa shape index (κ3) is 6.36. The molecule has 1 saturated heterocycles. The molecular weight excluding hydrogens is 408 g/mol. The van der Waals surface area contributed by atoms with Crippen molar-refractivity contribution in [1.29, 1.82) is 0 Å². The molecule has 2 amide bonds. The second kappa shape index (κ2) is 9.82. The van der Waals surface area contributed by atoms with Crippen LogP contribution in [0.5, 0.6) is 11.5 Å². The standard InChI is InChI=1S/C21H26N2O6S/c1-27-20-8-4-3-7-19(20)22-21(24)23(15-18-6-5-13-28-18)14-16-9-11-17(12-10-16)29-30(2,25)26/h3-4,7-12,18H,5-6,13-15H2,1-2H3,(H,22,24). The maximum absolute atomic E-state index is 13.0. The van der Waals surface area contributed by atoms with E-state index < -0.39 is 10.1 Å². The molecule has 0 aromatic heterocycles. The van der Waals surface area contributed by atoms with Crippen LogP contribution >= 0.6 is 0 Å². The molecule has 2 aromatic rings. The van der Waals surface area contributed by atoms with Gasteiger partial charge in [-0.2, -0.15) is 8.42 Å². The molecule has 2 aromatic carbocycles. The molecule has 1 heterocycles. The van der Waals surface area contributed by atoms with Crippen LogP contribution < -0.4 is 14.2 Å². The van der Waals surface area contributed by atoms with Gasteiger partial charge in [0.25, 0.3) is 0 Å². The topological polar surface area (TPSA) is 94.2 Å². The number of methoxy groups -OCH3 is 1. The van der Waals surface area contributed by atoms with Gasteiger partial charge in [-0.15, -0.1) is 0 Å². The Morgan fingerprint density at radius 1 is 1.20 bits per heavy atom. The Hall–Kier alpha value is -2.78. The molecule has 3 rings (SSSR count). The van der Waals surface area contributed by atoms with E-state index in [2.05, 4.69) is 5.32 Å². The van der Waals surface area contributed by atoms with E-state index in [-0.39, 0.29) is 17.9 Å². The molecule has 8 nitrogen and oxygen atoms in total. The van der Waals surface area contributed by atoms with Gasteiger partial charge in [-0.3, -0.25) is 0 Å². The van der Waals surface area contributed by atoms with E-state index in [9.17, 15) is 13.2 Å². The number of hydrogen-bond donors (Lipinski definition) is 1. The first-order valence-electron chi connectivity index (χ1n) is 9.63. The number of benzene rings is 2. The van der Waals surface area contributed by atoms with Gasteiger partial charge in [0.15, 0.2) is 0 Å². The number of carbonyl (C=O) groups is 1. The second-order valence-electron chi connectivity index (χ2n) is 7.08. The number of ether oxygens (including phenoxy) is 2. The number of amides is 2. The Morgan fingerprint density at radius 2 is 1.93 bits per heavy atom. The van der Waals surface area contributed by atoms with Crippen molar-refractivity contribution in [3.05, 3.63) is 54.1 Å². The normalized spacial score (nSPS) is 16.1. The number of nitrogens with zero attached hydrogens (tertiary/aromatic N) is 1. The highest BCUT2D eigenvalue weighted by Crippen LogP contribution is 2.24. The smallest absolute Gasteiger partial charge is 0.322 e. The Morgan fingerprint density at radius 3 is 2.57 bits per heavy atom. The lowest BCUT2D eigenvalue weighted by molar-refractivity contribution is 0.0819. The van der Waals surface area contributed by atoms with E-state index in [1.807, 2.05) is 12.1 Å². The summed E-state index contributed by atoms with van der Waals surface area (Å²) in [6.07, 6.45) is 2.86. The Bertz CT molecular complexity index is 956. The molecule has 0 radical (unpaired) electrons. The van der Waals surface area contributed by atoms with Gasteiger partial charge < -0.3 is 23.9 Å². The van der Waals surface area contributed by atoms with Crippen LogP contribution in [0.25, 0.3) is 0 Å². The maximum atomic E-state index is 13.0. The molecule has 1 aliphatic rings. The third-order valence-corrected chi connectivity index (χ3v) is 5.12. The summed E-state index contributed by atoms with van der Waals surface area (Å²) in [4.78, 5) is 14.7. The quantitative estimate of drug-likeness (QED) is 0.641. The highest BCUT2D eigenvalue weighted by atomic mass is 32.2. The largest absolute Gasteiger partial charge is 0.495 e. The first-order chi connectivity index (χ1) is 14.3. The van der Waals surface area contributed by atoms with Gasteiger partial charge >= 0.3 is 16.1 Å². The van der Waals surface area contributed by atoms with Crippen LogP contribution in [0.15, 0.2) is 48.5 Å². The minimum absolute atomic E-state index is 0.0127. The van der Waals surface area contributed by atoms with Crippen molar-refractivity contribution in [3.63, 3.8) is 0 Å². The van der Waals surface area contributed by atoms with Gasteiger partial charge in [0.2, 0.25) is 0 Å². The lowest BCUT2D eigenvalue weighted by atomic mass is 10.2. The molecule has 9 heteroatoms. The molecular formula is C21H26N2O6S. The molecule has 30 heavy (non-hydrogen) atoms. The number of hydrogen-bond acceptors (Lipinski definition) is 6. The number of urea groups is 1. The van der Waals surface area contributed by atoms with Crippen LogP contribution in [0.3, 0.4) is 0 Å². The fraction of sp³-hybridized carbons (Fsp3) is 0.381. The van der Waals surface area contributed by atoms with E-state index in [0.717, 1.165) is 24.7 Å². The van der Waals surface area contributed by atoms with Crippen molar-refractivity contribution in [1.82, 2.24) is 4.90 Å². The van der Waals surface area contributed by atoms with E-state index in [0.29, 0.717) is 31.1 Å². The monoisotopic (exact) mass is 434 g/mol. The number of rotatable bonds is 8. The van der Waals surface area contributed by atoms with Crippen molar-refractivity contribution in [2.45, 2.75) is 25.5 Å². The zero-order valence-corrected chi connectivity index (χ0v) is 17.9. The highest BCUT2D eigenvalue weighted by Gasteiger charge is 2.23.